The Kier molecular flexibility index (Phi) is 8.83. The minimum Gasteiger partial charge on any atom is -0.393 e. The summed E-state index contributed by atoms with van der Waals surface area (Å²) in [5.41, 5.74) is 0. The van der Waals surface area contributed by atoms with Crippen LogP contribution in [0.2, 0.25) is 0 Å². The molecule has 0 saturated heterocycles. The van der Waals surface area contributed by atoms with Gasteiger partial charge in [0.25, 0.3) is 5.91 Å². The van der Waals surface area contributed by atoms with Gasteiger partial charge in [0.1, 0.15) is 0 Å². The van der Waals surface area contributed by atoms with Gasteiger partial charge in [-0.25, -0.2) is 5.06 Å². The molecule has 16 heavy (non-hydrogen) atoms. The fraction of sp³-hybridized carbons (Fsp3) is 0.700. The third-order valence-corrected chi connectivity index (χ3v) is 3.59. The van der Waals surface area contributed by atoms with Crippen molar-refractivity contribution in [2.75, 3.05) is 14.2 Å². The largest absolute Gasteiger partial charge is 0.393 e. The average molecular weight is 265 g/mol. The average Bonchev–Trinajstić information content (AvgIpc) is 2.31. The number of nitrogens with zero attached hydrogens (tertiary/aromatic N) is 1. The number of hydroxylamine groups is 2. The first kappa shape index (κ1) is 15.8. The molecule has 0 aromatic carbocycles. The Bertz CT molecular complexity index is 226. The van der Waals surface area contributed by atoms with E-state index in [4.69, 9.17) is 4.84 Å². The van der Waals surface area contributed by atoms with Gasteiger partial charge in [0.05, 0.1) is 18.5 Å². The maximum Gasteiger partial charge on any atom is 0.259 e. The molecule has 4 nitrogen and oxygen atoms in total. The van der Waals surface area contributed by atoms with Crippen LogP contribution in [0.4, 0.5) is 0 Å². The Balaban J connectivity index is 4.17. The molecule has 1 N–H and O–H groups in total. The number of aliphatic hydroxyl groups excluding tert-OH is 1. The summed E-state index contributed by atoms with van der Waals surface area (Å²) in [4.78, 5) is 16.5. The fourth-order valence-corrected chi connectivity index (χ4v) is 2.23. The van der Waals surface area contributed by atoms with Gasteiger partial charge in [-0.3, -0.25) is 9.63 Å². The summed E-state index contributed by atoms with van der Waals surface area (Å²) in [5, 5.41) is 10.4. The normalized spacial score (nSPS) is 14.2. The molecule has 0 heterocycles. The van der Waals surface area contributed by atoms with Gasteiger partial charge in [0.2, 0.25) is 0 Å². The number of thiol groups is 1. The second-order valence-electron chi connectivity index (χ2n) is 3.37. The molecule has 94 valence electrons. The highest BCUT2D eigenvalue weighted by molar-refractivity contribution is 8.69. The summed E-state index contributed by atoms with van der Waals surface area (Å²) < 4.78 is 0. The number of allylic oxidation sites excluding steroid dienone is 1. The van der Waals surface area contributed by atoms with Crippen molar-refractivity contribution < 1.29 is 14.7 Å². The van der Waals surface area contributed by atoms with Crippen LogP contribution in [-0.2, 0) is 9.63 Å². The number of rotatable bonds is 8. The van der Waals surface area contributed by atoms with Crippen LogP contribution in [0.25, 0.3) is 0 Å². The maximum atomic E-state index is 11.7. The van der Waals surface area contributed by atoms with E-state index in [0.717, 1.165) is 22.3 Å². The van der Waals surface area contributed by atoms with Crippen LogP contribution < -0.4 is 0 Å². The minimum atomic E-state index is -0.517. The lowest BCUT2D eigenvalue weighted by Gasteiger charge is -2.21. The zero-order valence-corrected chi connectivity index (χ0v) is 11.3. The molecule has 1 unspecified atom stereocenters. The Labute approximate surface area is 106 Å². The first-order valence-electron chi connectivity index (χ1n) is 4.97. The molecule has 1 amide bonds. The fourth-order valence-electron chi connectivity index (χ4n) is 1.16. The molecule has 0 aliphatic rings. The lowest BCUT2D eigenvalue weighted by molar-refractivity contribution is -0.168. The zero-order valence-electron chi connectivity index (χ0n) is 9.63. The third kappa shape index (κ3) is 5.79. The van der Waals surface area contributed by atoms with Crippen LogP contribution in [0.5, 0.6) is 0 Å². The monoisotopic (exact) mass is 265 g/mol. The molecule has 6 heteroatoms. The molecule has 0 aromatic rings. The van der Waals surface area contributed by atoms with Crippen molar-refractivity contribution in [1.82, 2.24) is 5.06 Å². The summed E-state index contributed by atoms with van der Waals surface area (Å²) in [5.74, 6) is -0.194. The molecule has 0 radical (unpaired) electrons. The summed E-state index contributed by atoms with van der Waals surface area (Å²) in [6.45, 7) is 3.58. The highest BCUT2D eigenvalue weighted by atomic mass is 33.1. The Hall–Kier alpha value is -0.170. The molecular formula is C10H19NO3S2. The van der Waals surface area contributed by atoms with E-state index in [-0.39, 0.29) is 5.91 Å². The van der Waals surface area contributed by atoms with Crippen molar-refractivity contribution in [2.24, 2.45) is 0 Å². The summed E-state index contributed by atoms with van der Waals surface area (Å²) in [6.07, 6.45) is 2.94. The molecule has 0 bridgehead atoms. The van der Waals surface area contributed by atoms with Gasteiger partial charge in [0.15, 0.2) is 0 Å². The third-order valence-electron chi connectivity index (χ3n) is 2.18. The van der Waals surface area contributed by atoms with Crippen molar-refractivity contribution in [2.45, 2.75) is 30.6 Å². The quantitative estimate of drug-likeness (QED) is 0.303. The first-order chi connectivity index (χ1) is 7.56. The van der Waals surface area contributed by atoms with Gasteiger partial charge in [-0.05, 0) is 19.3 Å². The first-order valence-corrected chi connectivity index (χ1v) is 6.90. The molecule has 2 atom stereocenters. The van der Waals surface area contributed by atoms with Gasteiger partial charge < -0.3 is 5.11 Å². The molecule has 0 spiro atoms. The van der Waals surface area contributed by atoms with Crippen molar-refractivity contribution in [1.29, 1.82) is 0 Å². The molecule has 0 saturated carbocycles. The molecule has 0 aromatic heterocycles. The van der Waals surface area contributed by atoms with Gasteiger partial charge in [-0.2, -0.15) is 0 Å². The lowest BCUT2D eigenvalue weighted by Crippen LogP contribution is -2.35. The van der Waals surface area contributed by atoms with E-state index in [0.29, 0.717) is 12.8 Å². The summed E-state index contributed by atoms with van der Waals surface area (Å²) >= 11 is 4.04. The number of amides is 1. The van der Waals surface area contributed by atoms with E-state index in [9.17, 15) is 9.90 Å². The smallest absolute Gasteiger partial charge is 0.259 e. The molecule has 0 fully saturated rings. The van der Waals surface area contributed by atoms with Crippen LogP contribution >= 0.6 is 22.5 Å². The highest BCUT2D eigenvalue weighted by Crippen LogP contribution is 2.23. The van der Waals surface area contributed by atoms with E-state index in [1.807, 2.05) is 0 Å². The van der Waals surface area contributed by atoms with Crippen molar-refractivity contribution in [3.05, 3.63) is 12.7 Å². The van der Waals surface area contributed by atoms with E-state index in [2.05, 4.69) is 18.2 Å². The topological polar surface area (TPSA) is 49.8 Å². The van der Waals surface area contributed by atoms with E-state index >= 15 is 0 Å². The summed E-state index contributed by atoms with van der Waals surface area (Å²) in [7, 11) is 4.08. The molecule has 0 aliphatic heterocycles. The standard InChI is InChI=1S/C10H19NO3S2/c1-4-5-6-8(12)7-9(16-15)10(13)11(2)14-3/h4,8-9,12,15H,1,5-7H2,2-3H3/t8-,9?/m1/s1. The van der Waals surface area contributed by atoms with Crippen LogP contribution in [0.3, 0.4) is 0 Å². The second kappa shape index (κ2) is 8.92. The lowest BCUT2D eigenvalue weighted by atomic mass is 10.1. The predicted molar refractivity (Wildman–Crippen MR) is 70.2 cm³/mol. The van der Waals surface area contributed by atoms with Gasteiger partial charge >= 0.3 is 0 Å². The maximum absolute atomic E-state index is 11.7. The van der Waals surface area contributed by atoms with Crippen LogP contribution in [-0.4, -0.2) is 41.6 Å². The predicted octanol–water partition coefficient (Wildman–Crippen LogP) is 1.67. The van der Waals surface area contributed by atoms with Gasteiger partial charge in [0, 0.05) is 7.05 Å². The number of hydrogen-bond donors (Lipinski definition) is 2. The van der Waals surface area contributed by atoms with Crippen LogP contribution in [0.15, 0.2) is 12.7 Å². The van der Waals surface area contributed by atoms with E-state index in [1.54, 1.807) is 6.08 Å². The number of aliphatic hydroxyl groups is 1. The Morgan fingerprint density at radius 1 is 1.75 bits per heavy atom. The molecule has 0 rings (SSSR count). The van der Waals surface area contributed by atoms with E-state index < -0.39 is 11.4 Å². The zero-order chi connectivity index (χ0) is 12.6. The van der Waals surface area contributed by atoms with Gasteiger partial charge in [-0.1, -0.05) is 16.9 Å². The van der Waals surface area contributed by atoms with Crippen molar-refractivity contribution in [3.8, 4) is 0 Å². The van der Waals surface area contributed by atoms with Crippen molar-refractivity contribution in [3.63, 3.8) is 0 Å². The highest BCUT2D eigenvalue weighted by Gasteiger charge is 2.24. The Morgan fingerprint density at radius 3 is 2.81 bits per heavy atom. The minimum absolute atomic E-state index is 0.194. The summed E-state index contributed by atoms with van der Waals surface area (Å²) in [6, 6.07) is 0. The molecular weight excluding hydrogens is 246 g/mol. The SMILES string of the molecule is C=CCC[C@@H](O)CC(SS)C(=O)N(C)OC. The molecule has 0 aliphatic carbocycles. The van der Waals surface area contributed by atoms with Crippen molar-refractivity contribution >= 4 is 28.4 Å². The second-order valence-corrected chi connectivity index (χ2v) is 4.78. The van der Waals surface area contributed by atoms with Gasteiger partial charge in [-0.15, -0.1) is 18.2 Å². The number of carbonyl (C=O) groups excluding carboxylic acids is 1. The Morgan fingerprint density at radius 2 is 2.38 bits per heavy atom. The number of hydrogen-bond acceptors (Lipinski definition) is 5. The van der Waals surface area contributed by atoms with E-state index in [1.165, 1.54) is 14.2 Å². The van der Waals surface area contributed by atoms with Crippen LogP contribution in [0, 0.1) is 0 Å². The van der Waals surface area contributed by atoms with Crippen LogP contribution in [0.1, 0.15) is 19.3 Å². The number of carbonyl (C=O) groups is 1.